The lowest BCUT2D eigenvalue weighted by Crippen LogP contribution is -1.93. The van der Waals surface area contributed by atoms with E-state index in [0.29, 0.717) is 5.88 Å². The molecular weight excluding hydrogens is 242 g/mol. The third-order valence-electron chi connectivity index (χ3n) is 3.23. The van der Waals surface area contributed by atoms with Crippen LogP contribution < -0.4 is 4.74 Å². The van der Waals surface area contributed by atoms with Gasteiger partial charge in [0.1, 0.15) is 6.26 Å². The summed E-state index contributed by atoms with van der Waals surface area (Å²) >= 11 is 0. The van der Waals surface area contributed by atoms with E-state index in [0.717, 1.165) is 33.9 Å². The number of aromatic nitrogens is 3. The van der Waals surface area contributed by atoms with Crippen LogP contribution in [0.2, 0.25) is 0 Å². The number of hydrogen-bond acceptors (Lipinski definition) is 4. The van der Waals surface area contributed by atoms with E-state index in [1.54, 1.807) is 13.4 Å². The Morgan fingerprint density at radius 3 is 2.63 bits per heavy atom. The Hall–Kier alpha value is -2.30. The highest BCUT2D eigenvalue weighted by atomic mass is 16.5. The topological polar surface area (TPSA) is 52.6 Å². The van der Waals surface area contributed by atoms with Crippen molar-refractivity contribution in [2.75, 3.05) is 7.11 Å². The fourth-order valence-corrected chi connectivity index (χ4v) is 2.27. The van der Waals surface area contributed by atoms with Gasteiger partial charge in [0.25, 0.3) is 0 Å². The zero-order valence-electron chi connectivity index (χ0n) is 11.4. The number of ether oxygens (including phenoxy) is 1. The van der Waals surface area contributed by atoms with Gasteiger partial charge >= 0.3 is 0 Å². The van der Waals surface area contributed by atoms with Crippen LogP contribution in [0.1, 0.15) is 17.1 Å². The van der Waals surface area contributed by atoms with Gasteiger partial charge in [0.2, 0.25) is 11.6 Å². The van der Waals surface area contributed by atoms with Crippen LogP contribution in [0.4, 0.5) is 0 Å². The average Bonchev–Trinajstić information content (AvgIpc) is 2.90. The third kappa shape index (κ3) is 1.69. The molecule has 0 saturated carbocycles. The van der Waals surface area contributed by atoms with Gasteiger partial charge in [-0.15, -0.1) is 0 Å². The van der Waals surface area contributed by atoms with Crippen molar-refractivity contribution in [2.24, 2.45) is 0 Å². The molecule has 5 heteroatoms. The van der Waals surface area contributed by atoms with Crippen molar-refractivity contribution in [3.63, 3.8) is 0 Å². The Morgan fingerprint density at radius 2 is 1.95 bits per heavy atom. The predicted molar refractivity (Wildman–Crippen MR) is 71.5 cm³/mol. The Labute approximate surface area is 110 Å². The van der Waals surface area contributed by atoms with Crippen molar-refractivity contribution < 1.29 is 9.15 Å². The number of oxazole rings is 1. The molecule has 0 aliphatic rings. The maximum Gasteiger partial charge on any atom is 0.229 e. The summed E-state index contributed by atoms with van der Waals surface area (Å²) in [6.07, 6.45) is 1.71. The summed E-state index contributed by atoms with van der Waals surface area (Å²) in [6.45, 7) is 5.89. The minimum absolute atomic E-state index is 0.609. The first-order valence-electron chi connectivity index (χ1n) is 6.07. The van der Waals surface area contributed by atoms with Crippen molar-refractivity contribution >= 4 is 5.71 Å². The highest BCUT2D eigenvalue weighted by molar-refractivity contribution is 5.80. The number of aryl methyl sites for hydroxylation is 3. The lowest BCUT2D eigenvalue weighted by atomic mass is 10.1. The van der Waals surface area contributed by atoms with Gasteiger partial charge in [-0.2, -0.15) is 5.10 Å². The summed E-state index contributed by atoms with van der Waals surface area (Å²) in [4.78, 5) is 4.40. The molecule has 3 aromatic heterocycles. The van der Waals surface area contributed by atoms with Gasteiger partial charge in [0.05, 0.1) is 24.1 Å². The smallest absolute Gasteiger partial charge is 0.229 e. The van der Waals surface area contributed by atoms with Gasteiger partial charge in [-0.3, -0.25) is 0 Å². The highest BCUT2D eigenvalue weighted by Crippen LogP contribution is 2.32. The molecule has 0 N–H and O–H groups in total. The van der Waals surface area contributed by atoms with Crippen LogP contribution in [0.25, 0.3) is 16.8 Å². The summed E-state index contributed by atoms with van der Waals surface area (Å²) in [7, 11) is 1.61. The molecule has 0 atom stereocenters. The fourth-order valence-electron chi connectivity index (χ4n) is 2.27. The molecule has 0 aliphatic carbocycles. The highest BCUT2D eigenvalue weighted by Gasteiger charge is 2.18. The van der Waals surface area contributed by atoms with Crippen molar-refractivity contribution in [1.82, 2.24) is 14.6 Å². The van der Waals surface area contributed by atoms with E-state index in [4.69, 9.17) is 9.15 Å². The molecule has 3 rings (SSSR count). The van der Waals surface area contributed by atoms with Crippen LogP contribution in [0, 0.1) is 20.8 Å². The zero-order valence-corrected chi connectivity index (χ0v) is 11.4. The number of fused-ring (bicyclic) bond motifs is 1. The predicted octanol–water partition coefficient (Wildman–Crippen LogP) is 2.92. The second-order valence-corrected chi connectivity index (χ2v) is 4.54. The van der Waals surface area contributed by atoms with E-state index in [1.165, 1.54) is 0 Å². The van der Waals surface area contributed by atoms with Crippen LogP contribution in [-0.4, -0.2) is 21.7 Å². The van der Waals surface area contributed by atoms with Crippen molar-refractivity contribution in [3.05, 3.63) is 35.5 Å². The molecule has 0 amide bonds. The quantitative estimate of drug-likeness (QED) is 0.708. The number of pyridine rings is 1. The Balaban J connectivity index is 2.26. The van der Waals surface area contributed by atoms with Gasteiger partial charge in [-0.05, 0) is 26.8 Å². The zero-order chi connectivity index (χ0) is 13.6. The molecule has 0 radical (unpaired) electrons. The summed E-state index contributed by atoms with van der Waals surface area (Å²) in [5.41, 5.74) is 5.56. The molecule has 3 heterocycles. The standard InChI is InChI=1S/C14H15N3O2/c1-8-7-19-14-13(10(3)16-17(8)14)11-5-6-12(18-4)15-9(11)2/h5-7H,1-4H3. The first-order valence-corrected chi connectivity index (χ1v) is 6.07. The minimum atomic E-state index is 0.609. The van der Waals surface area contributed by atoms with E-state index in [2.05, 4.69) is 10.1 Å². The lowest BCUT2D eigenvalue weighted by Gasteiger charge is -2.05. The first kappa shape index (κ1) is 11.8. The summed E-state index contributed by atoms with van der Waals surface area (Å²) < 4.78 is 12.6. The number of hydrogen-bond donors (Lipinski definition) is 0. The van der Waals surface area contributed by atoms with E-state index >= 15 is 0 Å². The molecule has 0 aliphatic heterocycles. The van der Waals surface area contributed by atoms with Crippen LogP contribution >= 0.6 is 0 Å². The van der Waals surface area contributed by atoms with Crippen molar-refractivity contribution in [3.8, 4) is 17.0 Å². The summed E-state index contributed by atoms with van der Waals surface area (Å²) in [6, 6.07) is 3.84. The molecule has 0 saturated heterocycles. The molecule has 19 heavy (non-hydrogen) atoms. The van der Waals surface area contributed by atoms with Crippen LogP contribution in [-0.2, 0) is 0 Å². The second kappa shape index (κ2) is 4.12. The monoisotopic (exact) mass is 257 g/mol. The molecule has 0 aromatic carbocycles. The molecule has 0 spiro atoms. The van der Waals surface area contributed by atoms with Crippen LogP contribution in [0.15, 0.2) is 22.8 Å². The van der Waals surface area contributed by atoms with Gasteiger partial charge in [-0.1, -0.05) is 0 Å². The van der Waals surface area contributed by atoms with Gasteiger partial charge in [-0.25, -0.2) is 9.50 Å². The summed E-state index contributed by atoms with van der Waals surface area (Å²) in [5, 5.41) is 4.50. The van der Waals surface area contributed by atoms with E-state index in [1.807, 2.05) is 37.4 Å². The minimum Gasteiger partial charge on any atom is -0.481 e. The molecule has 0 fully saturated rings. The maximum atomic E-state index is 5.61. The molecule has 3 aromatic rings. The SMILES string of the molecule is COc1ccc(-c2c(C)nn3c(C)coc23)c(C)n1. The third-order valence-corrected chi connectivity index (χ3v) is 3.23. The van der Waals surface area contributed by atoms with Crippen LogP contribution in [0.5, 0.6) is 5.88 Å². The summed E-state index contributed by atoms with van der Waals surface area (Å²) in [5.74, 6) is 0.609. The number of methoxy groups -OCH3 is 1. The normalized spacial score (nSPS) is 11.2. The molecule has 98 valence electrons. The number of nitrogens with zero attached hydrogens (tertiary/aromatic N) is 3. The Morgan fingerprint density at radius 1 is 1.16 bits per heavy atom. The Bertz CT molecular complexity index is 755. The molecular formula is C14H15N3O2. The fraction of sp³-hybridized carbons (Fsp3) is 0.286. The van der Waals surface area contributed by atoms with Gasteiger partial charge < -0.3 is 9.15 Å². The van der Waals surface area contributed by atoms with E-state index in [9.17, 15) is 0 Å². The maximum absolute atomic E-state index is 5.61. The van der Waals surface area contributed by atoms with E-state index in [-0.39, 0.29) is 0 Å². The van der Waals surface area contributed by atoms with Gasteiger partial charge in [0, 0.05) is 17.3 Å². The lowest BCUT2D eigenvalue weighted by molar-refractivity contribution is 0.397. The average molecular weight is 257 g/mol. The van der Waals surface area contributed by atoms with Crippen LogP contribution in [0.3, 0.4) is 0 Å². The van der Waals surface area contributed by atoms with Gasteiger partial charge in [0.15, 0.2) is 0 Å². The van der Waals surface area contributed by atoms with Crippen molar-refractivity contribution in [2.45, 2.75) is 20.8 Å². The molecule has 5 nitrogen and oxygen atoms in total. The largest absolute Gasteiger partial charge is 0.481 e. The second-order valence-electron chi connectivity index (χ2n) is 4.54. The number of rotatable bonds is 2. The van der Waals surface area contributed by atoms with E-state index < -0.39 is 0 Å². The molecule has 0 unspecified atom stereocenters. The Kier molecular flexibility index (Phi) is 2.55. The molecule has 0 bridgehead atoms. The first-order chi connectivity index (χ1) is 9.11. The van der Waals surface area contributed by atoms with Crippen molar-refractivity contribution in [1.29, 1.82) is 0 Å².